The van der Waals surface area contributed by atoms with Gasteiger partial charge in [0.1, 0.15) is 6.07 Å². The summed E-state index contributed by atoms with van der Waals surface area (Å²) in [6.07, 6.45) is 0.681. The molecule has 0 saturated carbocycles. The van der Waals surface area contributed by atoms with Crippen molar-refractivity contribution in [2.45, 2.75) is 7.43 Å². The van der Waals surface area contributed by atoms with E-state index in [0.717, 1.165) is 0 Å². The van der Waals surface area contributed by atoms with Crippen LogP contribution < -0.4 is 0 Å². The molecule has 0 aromatic carbocycles. The topological polar surface area (TPSA) is 47.6 Å². The maximum atomic E-state index is 7.38. The van der Waals surface area contributed by atoms with Crippen LogP contribution in [0.25, 0.3) is 0 Å². The molecule has 28 valence electrons. The molecule has 0 saturated heterocycles. The lowest BCUT2D eigenvalue weighted by molar-refractivity contribution is 1.52. The molecule has 0 bridgehead atoms. The summed E-state index contributed by atoms with van der Waals surface area (Å²) in [5, 5.41) is 13.3. The van der Waals surface area contributed by atoms with Gasteiger partial charge in [-0.05, 0) is 0 Å². The predicted molar refractivity (Wildman–Crippen MR) is 21.1 cm³/mol. The molecule has 0 fully saturated rings. The van der Waals surface area contributed by atoms with E-state index in [0.29, 0.717) is 6.21 Å². The van der Waals surface area contributed by atoms with Crippen LogP contribution in [0.5, 0.6) is 0 Å². The third-order valence-electron chi connectivity index (χ3n) is 0.0645. The van der Waals surface area contributed by atoms with Crippen LogP contribution in [0.15, 0.2) is 0 Å². The highest BCUT2D eigenvalue weighted by molar-refractivity contribution is 5.71. The lowest BCUT2D eigenvalue weighted by Gasteiger charge is -1.30. The van der Waals surface area contributed by atoms with Crippen LogP contribution >= 0.6 is 0 Å². The van der Waals surface area contributed by atoms with Gasteiger partial charge in [0.05, 0.1) is 6.21 Å². The Kier molecular flexibility index (Phi) is 19.5. The number of nitrogens with one attached hydrogen (secondary N) is 1. The monoisotopic (exact) mass is 70.1 g/mol. The number of hydrogen-bond acceptors (Lipinski definition) is 2. The Balaban J connectivity index is 0. The average molecular weight is 70.1 g/mol. The first-order chi connectivity index (χ1) is 1.91. The van der Waals surface area contributed by atoms with E-state index in [1.165, 1.54) is 6.07 Å². The van der Waals surface area contributed by atoms with E-state index in [9.17, 15) is 0 Å². The predicted octanol–water partition coefficient (Wildman–Crippen LogP) is 0.796. The number of nitriles is 1. The van der Waals surface area contributed by atoms with E-state index in [-0.39, 0.29) is 7.43 Å². The fourth-order valence-corrected chi connectivity index (χ4v) is 0. The van der Waals surface area contributed by atoms with Gasteiger partial charge in [-0.2, -0.15) is 5.26 Å². The first kappa shape index (κ1) is 8.90. The van der Waals surface area contributed by atoms with Crippen molar-refractivity contribution < 1.29 is 0 Å². The van der Waals surface area contributed by atoms with Crippen molar-refractivity contribution in [3.8, 4) is 6.07 Å². The van der Waals surface area contributed by atoms with Gasteiger partial charge in [-0.1, -0.05) is 7.43 Å². The Bertz CT molecular complexity index is 50.4. The average Bonchev–Trinajstić information content (AvgIpc) is 1.37. The summed E-state index contributed by atoms with van der Waals surface area (Å²) in [5.74, 6) is 0. The fourth-order valence-electron chi connectivity index (χ4n) is 0. The minimum Gasteiger partial charge on any atom is -0.298 e. The molecule has 0 aromatic rings. The van der Waals surface area contributed by atoms with Crippen molar-refractivity contribution in [3.05, 3.63) is 0 Å². The molecular formula is C3H6N2. The van der Waals surface area contributed by atoms with Gasteiger partial charge >= 0.3 is 0 Å². The van der Waals surface area contributed by atoms with Crippen molar-refractivity contribution in [3.63, 3.8) is 0 Å². The van der Waals surface area contributed by atoms with Gasteiger partial charge in [-0.3, -0.25) is 5.41 Å². The largest absolute Gasteiger partial charge is 0.298 e. The number of nitrogens with zero attached hydrogens (tertiary/aromatic N) is 1. The molecule has 0 amide bonds. The highest BCUT2D eigenvalue weighted by Crippen LogP contribution is 1.22. The molecule has 0 aromatic heterocycles. The lowest BCUT2D eigenvalue weighted by Crippen LogP contribution is -1.43. The van der Waals surface area contributed by atoms with Gasteiger partial charge in [-0.15, -0.1) is 0 Å². The Morgan fingerprint density at radius 2 is 2.00 bits per heavy atom. The molecule has 0 heterocycles. The van der Waals surface area contributed by atoms with Gasteiger partial charge in [0.15, 0.2) is 0 Å². The third-order valence-corrected chi connectivity index (χ3v) is 0.0645. The van der Waals surface area contributed by atoms with Crippen LogP contribution in [-0.4, -0.2) is 6.21 Å². The first-order valence-electron chi connectivity index (χ1n) is 0.801. The van der Waals surface area contributed by atoms with E-state index < -0.39 is 0 Å². The molecule has 0 rings (SSSR count). The Labute approximate surface area is 31.6 Å². The molecule has 5 heavy (non-hydrogen) atoms. The van der Waals surface area contributed by atoms with Crippen LogP contribution in [0, 0.1) is 16.7 Å². The summed E-state index contributed by atoms with van der Waals surface area (Å²) >= 11 is 0. The molecule has 1 N–H and O–H groups in total. The Morgan fingerprint density at radius 3 is 2.00 bits per heavy atom. The second kappa shape index (κ2) is 11.0. The van der Waals surface area contributed by atoms with Crippen molar-refractivity contribution in [1.29, 1.82) is 10.7 Å². The summed E-state index contributed by atoms with van der Waals surface area (Å²) in [5.41, 5.74) is 0. The standard InChI is InChI=1S/C2H2N2.CH4/c3-1-2-4;/h1,3H;1H4. The molecule has 0 unspecified atom stereocenters. The zero-order chi connectivity index (χ0) is 3.41. The van der Waals surface area contributed by atoms with Crippen LogP contribution in [-0.2, 0) is 0 Å². The zero-order valence-corrected chi connectivity index (χ0v) is 2.02. The fraction of sp³-hybridized carbons (Fsp3) is 0.333. The molecule has 0 aliphatic heterocycles. The van der Waals surface area contributed by atoms with E-state index >= 15 is 0 Å². The first-order valence-corrected chi connectivity index (χ1v) is 0.801. The molecule has 0 aliphatic rings. The normalized spacial score (nSPS) is 3.00. The Hall–Kier alpha value is -0.840. The smallest absolute Gasteiger partial charge is 0.111 e. The maximum absolute atomic E-state index is 7.38. The van der Waals surface area contributed by atoms with Gasteiger partial charge in [0.2, 0.25) is 0 Å². The third kappa shape index (κ3) is 166. The number of rotatable bonds is 0. The van der Waals surface area contributed by atoms with Crippen LogP contribution in [0.2, 0.25) is 0 Å². The van der Waals surface area contributed by atoms with Gasteiger partial charge in [-0.25, -0.2) is 0 Å². The van der Waals surface area contributed by atoms with Gasteiger partial charge < -0.3 is 0 Å². The van der Waals surface area contributed by atoms with E-state index in [1.54, 1.807) is 0 Å². The van der Waals surface area contributed by atoms with Crippen LogP contribution in [0.4, 0.5) is 0 Å². The highest BCUT2D eigenvalue weighted by atomic mass is 14.3. The minimum atomic E-state index is 0. The summed E-state index contributed by atoms with van der Waals surface area (Å²) in [7, 11) is 0. The quantitative estimate of drug-likeness (QED) is 0.421. The molecular weight excluding hydrogens is 64.0 g/mol. The van der Waals surface area contributed by atoms with Crippen molar-refractivity contribution in [2.75, 3.05) is 0 Å². The highest BCUT2D eigenvalue weighted by Gasteiger charge is 1.36. The second-order valence-corrected chi connectivity index (χ2v) is 0.273. The van der Waals surface area contributed by atoms with E-state index in [4.69, 9.17) is 10.7 Å². The summed E-state index contributed by atoms with van der Waals surface area (Å²) in [6.45, 7) is 0. The Morgan fingerprint density at radius 1 is 1.80 bits per heavy atom. The summed E-state index contributed by atoms with van der Waals surface area (Å²) in [6, 6.07) is 1.47. The molecule has 0 radical (unpaired) electrons. The molecule has 0 aliphatic carbocycles. The van der Waals surface area contributed by atoms with E-state index in [1.807, 2.05) is 0 Å². The van der Waals surface area contributed by atoms with Crippen molar-refractivity contribution >= 4 is 6.21 Å². The molecule has 0 spiro atoms. The molecule has 0 atom stereocenters. The SMILES string of the molecule is C.N#CC=N. The second-order valence-electron chi connectivity index (χ2n) is 0.273. The van der Waals surface area contributed by atoms with Gasteiger partial charge in [0, 0.05) is 0 Å². The summed E-state index contributed by atoms with van der Waals surface area (Å²) in [4.78, 5) is 0. The lowest BCUT2D eigenvalue weighted by atomic mass is 10.9. The number of hydrogen-bond donors (Lipinski definition) is 1. The molecule has 2 nitrogen and oxygen atoms in total. The van der Waals surface area contributed by atoms with Gasteiger partial charge in [0.25, 0.3) is 0 Å². The summed E-state index contributed by atoms with van der Waals surface area (Å²) < 4.78 is 0. The van der Waals surface area contributed by atoms with Crippen LogP contribution in [0.3, 0.4) is 0 Å². The zero-order valence-electron chi connectivity index (χ0n) is 2.02. The van der Waals surface area contributed by atoms with Crippen molar-refractivity contribution in [1.82, 2.24) is 0 Å². The minimum absolute atomic E-state index is 0. The van der Waals surface area contributed by atoms with E-state index in [2.05, 4.69) is 0 Å². The van der Waals surface area contributed by atoms with Crippen LogP contribution in [0.1, 0.15) is 7.43 Å². The maximum Gasteiger partial charge on any atom is 0.111 e. The van der Waals surface area contributed by atoms with Crippen molar-refractivity contribution in [2.24, 2.45) is 0 Å². The molecule has 2 heteroatoms.